The Morgan fingerprint density at radius 1 is 1.30 bits per heavy atom. The first-order chi connectivity index (χ1) is 9.58. The Bertz CT molecular complexity index is 585. The van der Waals surface area contributed by atoms with Crippen molar-refractivity contribution in [2.45, 2.75) is 26.4 Å². The second kappa shape index (κ2) is 6.14. The lowest BCUT2D eigenvalue weighted by Crippen LogP contribution is -2.36. The van der Waals surface area contributed by atoms with Crippen LogP contribution in [0.1, 0.15) is 29.8 Å². The Labute approximate surface area is 117 Å². The molecule has 0 aliphatic carbocycles. The SMILES string of the molecule is CC(C)N(Cc1cccnc1)C(=O)c1cncc(O)c1. The van der Waals surface area contributed by atoms with Crippen LogP contribution >= 0.6 is 0 Å². The number of hydrogen-bond donors (Lipinski definition) is 1. The van der Waals surface area contributed by atoms with Gasteiger partial charge in [0.2, 0.25) is 0 Å². The normalized spacial score (nSPS) is 10.6. The van der Waals surface area contributed by atoms with E-state index in [1.807, 2.05) is 26.0 Å². The molecule has 5 heteroatoms. The number of hydrogen-bond acceptors (Lipinski definition) is 4. The third-order valence-corrected chi connectivity index (χ3v) is 2.93. The Morgan fingerprint density at radius 3 is 2.70 bits per heavy atom. The molecule has 0 radical (unpaired) electrons. The number of aromatic nitrogens is 2. The van der Waals surface area contributed by atoms with Gasteiger partial charge >= 0.3 is 0 Å². The number of carbonyl (C=O) groups is 1. The van der Waals surface area contributed by atoms with Crippen molar-refractivity contribution in [3.8, 4) is 5.75 Å². The highest BCUT2D eigenvalue weighted by molar-refractivity contribution is 5.94. The van der Waals surface area contributed by atoms with Crippen LogP contribution in [0.5, 0.6) is 5.75 Å². The van der Waals surface area contributed by atoms with E-state index in [0.717, 1.165) is 5.56 Å². The third-order valence-electron chi connectivity index (χ3n) is 2.93. The first kappa shape index (κ1) is 14.0. The van der Waals surface area contributed by atoms with E-state index < -0.39 is 0 Å². The molecule has 0 aliphatic rings. The van der Waals surface area contributed by atoms with Gasteiger partial charge in [0, 0.05) is 31.2 Å². The second-order valence-electron chi connectivity index (χ2n) is 4.82. The van der Waals surface area contributed by atoms with Gasteiger partial charge in [0.1, 0.15) is 5.75 Å². The third kappa shape index (κ3) is 3.32. The Hall–Kier alpha value is -2.43. The zero-order chi connectivity index (χ0) is 14.5. The average molecular weight is 271 g/mol. The molecule has 2 aromatic heterocycles. The van der Waals surface area contributed by atoms with E-state index in [0.29, 0.717) is 12.1 Å². The van der Waals surface area contributed by atoms with Crippen LogP contribution in [0.3, 0.4) is 0 Å². The van der Waals surface area contributed by atoms with E-state index in [4.69, 9.17) is 0 Å². The van der Waals surface area contributed by atoms with Gasteiger partial charge in [-0.3, -0.25) is 14.8 Å². The lowest BCUT2D eigenvalue weighted by Gasteiger charge is -2.26. The van der Waals surface area contributed by atoms with Crippen molar-refractivity contribution in [3.05, 3.63) is 54.1 Å². The summed E-state index contributed by atoms with van der Waals surface area (Å²) in [7, 11) is 0. The lowest BCUT2D eigenvalue weighted by atomic mass is 10.1. The molecule has 2 heterocycles. The molecule has 0 bridgehead atoms. The molecule has 0 spiro atoms. The van der Waals surface area contributed by atoms with Crippen LogP contribution in [0.2, 0.25) is 0 Å². The van der Waals surface area contributed by atoms with Crippen LogP contribution in [0.15, 0.2) is 43.0 Å². The minimum atomic E-state index is -0.160. The predicted molar refractivity (Wildman–Crippen MR) is 75.1 cm³/mol. The number of nitrogens with zero attached hydrogens (tertiary/aromatic N) is 3. The monoisotopic (exact) mass is 271 g/mol. The summed E-state index contributed by atoms with van der Waals surface area (Å²) in [4.78, 5) is 22.1. The summed E-state index contributed by atoms with van der Waals surface area (Å²) in [6.07, 6.45) is 6.20. The molecule has 2 rings (SSSR count). The van der Waals surface area contributed by atoms with E-state index in [9.17, 15) is 9.90 Å². The van der Waals surface area contributed by atoms with Gasteiger partial charge in [0.25, 0.3) is 5.91 Å². The van der Waals surface area contributed by atoms with Crippen molar-refractivity contribution in [3.63, 3.8) is 0 Å². The van der Waals surface area contributed by atoms with E-state index in [2.05, 4.69) is 9.97 Å². The van der Waals surface area contributed by atoms with Crippen molar-refractivity contribution in [2.24, 2.45) is 0 Å². The van der Waals surface area contributed by atoms with Crippen LogP contribution in [0.25, 0.3) is 0 Å². The van der Waals surface area contributed by atoms with Crippen molar-refractivity contribution in [1.29, 1.82) is 0 Å². The fourth-order valence-corrected chi connectivity index (χ4v) is 1.89. The number of amides is 1. The van der Waals surface area contributed by atoms with Gasteiger partial charge in [-0.2, -0.15) is 0 Å². The van der Waals surface area contributed by atoms with Gasteiger partial charge in [-0.25, -0.2) is 0 Å². The summed E-state index contributed by atoms with van der Waals surface area (Å²) in [6.45, 7) is 4.37. The summed E-state index contributed by atoms with van der Waals surface area (Å²) in [6, 6.07) is 5.23. The van der Waals surface area contributed by atoms with Crippen molar-refractivity contribution >= 4 is 5.91 Å². The van der Waals surface area contributed by atoms with E-state index in [1.165, 1.54) is 18.5 Å². The van der Waals surface area contributed by atoms with Crippen molar-refractivity contribution < 1.29 is 9.90 Å². The topological polar surface area (TPSA) is 66.3 Å². The second-order valence-corrected chi connectivity index (χ2v) is 4.82. The summed E-state index contributed by atoms with van der Waals surface area (Å²) < 4.78 is 0. The molecule has 0 fully saturated rings. The molecular formula is C15H17N3O2. The molecular weight excluding hydrogens is 254 g/mol. The Kier molecular flexibility index (Phi) is 4.30. The van der Waals surface area contributed by atoms with Gasteiger partial charge in [0.15, 0.2) is 0 Å². The summed E-state index contributed by atoms with van der Waals surface area (Å²) >= 11 is 0. The van der Waals surface area contributed by atoms with E-state index >= 15 is 0 Å². The number of aromatic hydroxyl groups is 1. The van der Waals surface area contributed by atoms with Crippen molar-refractivity contribution in [1.82, 2.24) is 14.9 Å². The number of carbonyl (C=O) groups excluding carboxylic acids is 1. The van der Waals surface area contributed by atoms with Crippen LogP contribution in [0.4, 0.5) is 0 Å². The van der Waals surface area contributed by atoms with Crippen LogP contribution < -0.4 is 0 Å². The van der Waals surface area contributed by atoms with E-state index in [1.54, 1.807) is 17.3 Å². The molecule has 5 nitrogen and oxygen atoms in total. The fraction of sp³-hybridized carbons (Fsp3) is 0.267. The minimum Gasteiger partial charge on any atom is -0.506 e. The highest BCUT2D eigenvalue weighted by Crippen LogP contribution is 2.15. The fourth-order valence-electron chi connectivity index (χ4n) is 1.89. The average Bonchev–Trinajstić information content (AvgIpc) is 2.45. The molecule has 104 valence electrons. The molecule has 0 unspecified atom stereocenters. The quantitative estimate of drug-likeness (QED) is 0.926. The molecule has 0 aromatic carbocycles. The summed E-state index contributed by atoms with van der Waals surface area (Å²) in [5.41, 5.74) is 1.34. The highest BCUT2D eigenvalue weighted by Gasteiger charge is 2.19. The minimum absolute atomic E-state index is 0.0130. The molecule has 0 aliphatic heterocycles. The largest absolute Gasteiger partial charge is 0.506 e. The van der Waals surface area contributed by atoms with Crippen LogP contribution in [-0.4, -0.2) is 31.9 Å². The van der Waals surface area contributed by atoms with Gasteiger partial charge in [-0.1, -0.05) is 6.07 Å². The zero-order valence-corrected chi connectivity index (χ0v) is 11.5. The first-order valence-electron chi connectivity index (χ1n) is 6.42. The predicted octanol–water partition coefficient (Wildman–Crippen LogP) is 2.23. The zero-order valence-electron chi connectivity index (χ0n) is 11.5. The molecule has 2 aromatic rings. The van der Waals surface area contributed by atoms with Gasteiger partial charge in [-0.05, 0) is 31.5 Å². The summed E-state index contributed by atoms with van der Waals surface area (Å²) in [5, 5.41) is 9.43. The maximum absolute atomic E-state index is 12.5. The maximum Gasteiger partial charge on any atom is 0.256 e. The lowest BCUT2D eigenvalue weighted by molar-refractivity contribution is 0.0689. The van der Waals surface area contributed by atoms with Crippen molar-refractivity contribution in [2.75, 3.05) is 0 Å². The molecule has 1 N–H and O–H groups in total. The molecule has 1 amide bonds. The first-order valence-corrected chi connectivity index (χ1v) is 6.42. The van der Waals surface area contributed by atoms with Crippen LogP contribution in [0, 0.1) is 0 Å². The van der Waals surface area contributed by atoms with Crippen LogP contribution in [-0.2, 0) is 6.54 Å². The number of rotatable bonds is 4. The maximum atomic E-state index is 12.5. The molecule has 0 saturated heterocycles. The van der Waals surface area contributed by atoms with Gasteiger partial charge in [-0.15, -0.1) is 0 Å². The van der Waals surface area contributed by atoms with Gasteiger partial charge in [0.05, 0.1) is 11.8 Å². The smallest absolute Gasteiger partial charge is 0.256 e. The molecule has 20 heavy (non-hydrogen) atoms. The van der Waals surface area contributed by atoms with E-state index in [-0.39, 0.29) is 17.7 Å². The molecule has 0 atom stereocenters. The Balaban J connectivity index is 2.23. The summed E-state index contributed by atoms with van der Waals surface area (Å²) in [5.74, 6) is -0.173. The van der Waals surface area contributed by atoms with Gasteiger partial charge < -0.3 is 10.0 Å². The highest BCUT2D eigenvalue weighted by atomic mass is 16.3. The molecule has 0 saturated carbocycles. The standard InChI is InChI=1S/C15H17N3O2/c1-11(2)18(10-12-4-3-5-16-7-12)15(20)13-6-14(19)9-17-8-13/h3-9,11,19H,10H2,1-2H3. The number of pyridine rings is 2. The Morgan fingerprint density at radius 2 is 2.10 bits per heavy atom.